The Balaban J connectivity index is 1.44. The Labute approximate surface area is 222 Å². The average Bonchev–Trinajstić information content (AvgIpc) is 3.45. The fourth-order valence-corrected chi connectivity index (χ4v) is 7.83. The molecule has 2 aromatic rings. The van der Waals surface area contributed by atoms with Crippen LogP contribution in [0.2, 0.25) is 0 Å². The number of primary amides is 1. The number of thiophene rings is 1. The number of hydrogen-bond donors (Lipinski definition) is 1. The van der Waals surface area contributed by atoms with Gasteiger partial charge < -0.3 is 15.5 Å². The van der Waals surface area contributed by atoms with Crippen LogP contribution in [0.15, 0.2) is 34.8 Å². The van der Waals surface area contributed by atoms with E-state index in [4.69, 9.17) is 5.73 Å². The summed E-state index contributed by atoms with van der Waals surface area (Å²) in [6.07, 6.45) is 3.35. The molecule has 2 fully saturated rings. The summed E-state index contributed by atoms with van der Waals surface area (Å²) in [6, 6.07) is 10.5. The van der Waals surface area contributed by atoms with E-state index in [0.29, 0.717) is 17.4 Å². The number of carbonyl (C=O) groups excluding carboxylic acids is 2. The fraction of sp³-hybridized carbons (Fsp3) is 0.536. The normalized spacial score (nSPS) is 20.9. The lowest BCUT2D eigenvalue weighted by molar-refractivity contribution is -0.122. The first kappa shape index (κ1) is 26.4. The maximum Gasteiger partial charge on any atom is 0.256 e. The quantitative estimate of drug-likeness (QED) is 0.506. The van der Waals surface area contributed by atoms with Crippen LogP contribution in [0.3, 0.4) is 0 Å². The Bertz CT molecular complexity index is 1080. The molecule has 0 aliphatic carbocycles. The van der Waals surface area contributed by atoms with Gasteiger partial charge in [-0.2, -0.15) is 0 Å². The molecule has 3 heterocycles. The molecule has 2 aliphatic rings. The summed E-state index contributed by atoms with van der Waals surface area (Å²) in [5, 5.41) is 0. The van der Waals surface area contributed by atoms with Crippen molar-refractivity contribution >= 4 is 39.1 Å². The van der Waals surface area contributed by atoms with Crippen molar-refractivity contribution < 1.29 is 9.59 Å². The van der Waals surface area contributed by atoms with Gasteiger partial charge >= 0.3 is 0 Å². The number of carbonyl (C=O) groups is 2. The second kappa shape index (κ2) is 9.98. The lowest BCUT2D eigenvalue weighted by atomic mass is 9.88. The molecule has 2 saturated heterocycles. The minimum absolute atomic E-state index is 0.0722. The maximum atomic E-state index is 13.9. The molecule has 5 nitrogen and oxygen atoms in total. The highest BCUT2D eigenvalue weighted by Gasteiger charge is 2.44. The van der Waals surface area contributed by atoms with Crippen LogP contribution in [0.5, 0.6) is 0 Å². The van der Waals surface area contributed by atoms with Crippen LogP contribution >= 0.6 is 27.3 Å². The van der Waals surface area contributed by atoms with Gasteiger partial charge in [-0.15, -0.1) is 11.3 Å². The highest BCUT2D eigenvalue weighted by molar-refractivity contribution is 9.10. The second-order valence-electron chi connectivity index (χ2n) is 11.6. The molecule has 7 heteroatoms. The second-order valence-corrected chi connectivity index (χ2v) is 13.4. The van der Waals surface area contributed by atoms with E-state index >= 15 is 0 Å². The number of benzene rings is 1. The van der Waals surface area contributed by atoms with E-state index in [-0.39, 0.29) is 17.2 Å². The third-order valence-corrected chi connectivity index (χ3v) is 10.4. The van der Waals surface area contributed by atoms with Crippen molar-refractivity contribution in [2.45, 2.75) is 51.9 Å². The van der Waals surface area contributed by atoms with Gasteiger partial charge in [0.05, 0.1) is 11.0 Å². The molecule has 0 bridgehead atoms. The summed E-state index contributed by atoms with van der Waals surface area (Å²) in [6.45, 7) is 14.8. The van der Waals surface area contributed by atoms with Crippen molar-refractivity contribution in [1.29, 1.82) is 0 Å². The summed E-state index contributed by atoms with van der Waals surface area (Å²) in [7, 11) is 0. The third kappa shape index (κ3) is 5.37. The zero-order valence-electron chi connectivity index (χ0n) is 21.4. The number of rotatable bonds is 7. The summed E-state index contributed by atoms with van der Waals surface area (Å²) < 4.78 is 0.733. The van der Waals surface area contributed by atoms with Crippen molar-refractivity contribution in [3.63, 3.8) is 0 Å². The topological polar surface area (TPSA) is 66.6 Å². The number of amides is 2. The molecule has 2 atom stereocenters. The van der Waals surface area contributed by atoms with Crippen LogP contribution in [0.25, 0.3) is 0 Å². The first-order chi connectivity index (χ1) is 16.4. The van der Waals surface area contributed by atoms with Gasteiger partial charge in [-0.1, -0.05) is 51.1 Å². The van der Waals surface area contributed by atoms with Crippen molar-refractivity contribution in [1.82, 2.24) is 9.80 Å². The highest BCUT2D eigenvalue weighted by Crippen LogP contribution is 2.46. The molecule has 0 spiro atoms. The summed E-state index contributed by atoms with van der Waals surface area (Å²) in [5.74, 6) is 0.725. The van der Waals surface area contributed by atoms with E-state index in [2.05, 4.69) is 72.3 Å². The number of likely N-dealkylation sites (tertiary alicyclic amines) is 2. The van der Waals surface area contributed by atoms with E-state index < -0.39 is 5.41 Å². The molecule has 1 radical (unpaired) electrons. The lowest BCUT2D eigenvalue weighted by Crippen LogP contribution is -2.35. The predicted molar refractivity (Wildman–Crippen MR) is 147 cm³/mol. The number of halogens is 1. The number of hydrogen-bond acceptors (Lipinski definition) is 4. The van der Waals surface area contributed by atoms with Crippen molar-refractivity contribution in [2.75, 3.05) is 32.7 Å². The monoisotopic (exact) mass is 558 g/mol. The van der Waals surface area contributed by atoms with E-state index in [1.54, 1.807) is 0 Å². The maximum absolute atomic E-state index is 13.9. The van der Waals surface area contributed by atoms with Crippen molar-refractivity contribution in [2.24, 2.45) is 17.6 Å². The molecule has 0 saturated carbocycles. The van der Waals surface area contributed by atoms with Gasteiger partial charge in [-0.25, -0.2) is 0 Å². The number of fused-ring (bicyclic) bond motifs is 1. The first-order valence-electron chi connectivity index (χ1n) is 12.4. The molecule has 2 N–H and O–H groups in total. The van der Waals surface area contributed by atoms with Crippen LogP contribution in [-0.4, -0.2) is 54.3 Å². The van der Waals surface area contributed by atoms with Gasteiger partial charge in [0.15, 0.2) is 0 Å². The zero-order valence-corrected chi connectivity index (χ0v) is 23.8. The van der Waals surface area contributed by atoms with Crippen LogP contribution in [0.4, 0.5) is 0 Å². The van der Waals surface area contributed by atoms with Crippen LogP contribution in [0, 0.1) is 18.3 Å². The first-order valence-corrected chi connectivity index (χ1v) is 14.0. The Morgan fingerprint density at radius 1 is 1.03 bits per heavy atom. The van der Waals surface area contributed by atoms with Gasteiger partial charge in [-0.05, 0) is 72.0 Å². The Hall–Kier alpha value is -1.70. The molecular weight excluding hydrogens is 522 g/mol. The van der Waals surface area contributed by atoms with Crippen LogP contribution in [-0.2, 0) is 15.6 Å². The van der Waals surface area contributed by atoms with E-state index in [0.717, 1.165) is 53.4 Å². The summed E-state index contributed by atoms with van der Waals surface area (Å²) in [5.41, 5.74) is 6.65. The average molecular weight is 560 g/mol. The molecule has 1 aromatic heterocycles. The molecule has 4 rings (SSSR count). The van der Waals surface area contributed by atoms with Gasteiger partial charge in [0.1, 0.15) is 0 Å². The van der Waals surface area contributed by atoms with Gasteiger partial charge in [-0.3, -0.25) is 9.59 Å². The van der Waals surface area contributed by atoms with Crippen LogP contribution in [0.1, 0.15) is 66.7 Å². The molecule has 35 heavy (non-hydrogen) atoms. The molecular formula is C28H37BrN3O2S. The smallest absolute Gasteiger partial charge is 0.256 e. The minimum Gasteiger partial charge on any atom is -0.369 e. The summed E-state index contributed by atoms with van der Waals surface area (Å²) in [4.78, 5) is 32.5. The van der Waals surface area contributed by atoms with Crippen molar-refractivity contribution in [3.05, 3.63) is 62.1 Å². The SMILES string of the molecule is CC(C)(C)c1sc(C(C)(C)C(N)=O)c(Br)c1C(=O)N1CC2CN(CC[CH]c3ccccc3)C[C@H]2C1. The van der Waals surface area contributed by atoms with Crippen molar-refractivity contribution in [3.8, 4) is 0 Å². The molecule has 1 aromatic carbocycles. The Kier molecular flexibility index (Phi) is 7.52. The zero-order chi connectivity index (χ0) is 25.5. The van der Waals surface area contributed by atoms with Gasteiger partial charge in [0.25, 0.3) is 5.91 Å². The highest BCUT2D eigenvalue weighted by atomic mass is 79.9. The largest absolute Gasteiger partial charge is 0.369 e. The molecule has 2 aliphatic heterocycles. The lowest BCUT2D eigenvalue weighted by Gasteiger charge is -2.24. The van der Waals surface area contributed by atoms with Gasteiger partial charge in [0.2, 0.25) is 5.91 Å². The number of nitrogens with zero attached hydrogens (tertiary/aromatic N) is 2. The fourth-order valence-electron chi connectivity index (χ4n) is 5.24. The Morgan fingerprint density at radius 3 is 2.17 bits per heavy atom. The van der Waals surface area contributed by atoms with E-state index in [1.165, 1.54) is 16.9 Å². The number of nitrogens with two attached hydrogens (primary N) is 1. The van der Waals surface area contributed by atoms with E-state index in [1.807, 2.05) is 24.8 Å². The molecule has 189 valence electrons. The molecule has 1 unspecified atom stereocenters. The van der Waals surface area contributed by atoms with Gasteiger partial charge in [0, 0.05) is 40.4 Å². The molecule has 2 amide bonds. The van der Waals surface area contributed by atoms with E-state index in [9.17, 15) is 9.59 Å². The predicted octanol–water partition coefficient (Wildman–Crippen LogP) is 5.22. The standard InChI is InChI=1S/C28H37BrN3O2S/c1-27(2,3)23-21(22(29)24(35-23)28(4,5)26(30)34)25(33)32-16-19-14-31(15-20(19)17-32)13-9-12-18-10-7-6-8-11-18/h6-8,10-12,19-20H,9,13-17H2,1-5H3,(H2,30,34)/t19-,20?/m0/s1. The summed E-state index contributed by atoms with van der Waals surface area (Å²) >= 11 is 5.25. The third-order valence-electron chi connectivity index (χ3n) is 7.40. The Morgan fingerprint density at radius 2 is 1.63 bits per heavy atom. The van der Waals surface area contributed by atoms with Crippen LogP contribution < -0.4 is 5.73 Å². The minimum atomic E-state index is -0.846.